The minimum atomic E-state index is -0.276. The second-order valence-electron chi connectivity index (χ2n) is 5.45. The van der Waals surface area contributed by atoms with Crippen molar-refractivity contribution in [2.45, 2.75) is 44.6 Å². The number of piperidine rings is 1. The highest BCUT2D eigenvalue weighted by molar-refractivity contribution is 5.82. The maximum atomic E-state index is 12.1. The number of rotatable bonds is 3. The van der Waals surface area contributed by atoms with Crippen molar-refractivity contribution in [3.63, 3.8) is 0 Å². The van der Waals surface area contributed by atoms with Crippen LogP contribution in [0.15, 0.2) is 0 Å². The van der Waals surface area contributed by atoms with Crippen LogP contribution in [0.25, 0.3) is 0 Å². The van der Waals surface area contributed by atoms with Gasteiger partial charge >= 0.3 is 0 Å². The smallest absolute Gasteiger partial charge is 0.224 e. The fourth-order valence-corrected chi connectivity index (χ4v) is 3.02. The van der Waals surface area contributed by atoms with Gasteiger partial charge in [-0.05, 0) is 32.2 Å². The van der Waals surface area contributed by atoms with Gasteiger partial charge in [0.1, 0.15) is 0 Å². The van der Waals surface area contributed by atoms with Crippen LogP contribution in [0.5, 0.6) is 0 Å². The SMILES string of the molecule is NC(=O)C1CCCCC1NC(=O)C1CCCNC1. The van der Waals surface area contributed by atoms with E-state index in [2.05, 4.69) is 10.6 Å². The number of hydrogen-bond acceptors (Lipinski definition) is 3. The average Bonchev–Trinajstić information content (AvgIpc) is 2.40. The van der Waals surface area contributed by atoms with E-state index in [1.165, 1.54) is 0 Å². The summed E-state index contributed by atoms with van der Waals surface area (Å²) in [4.78, 5) is 23.5. The molecule has 102 valence electrons. The zero-order valence-electron chi connectivity index (χ0n) is 10.8. The Labute approximate surface area is 108 Å². The van der Waals surface area contributed by atoms with Crippen molar-refractivity contribution in [1.82, 2.24) is 10.6 Å². The Morgan fingerprint density at radius 3 is 2.56 bits per heavy atom. The van der Waals surface area contributed by atoms with Crippen LogP contribution in [-0.4, -0.2) is 30.9 Å². The number of nitrogens with two attached hydrogens (primary N) is 1. The van der Waals surface area contributed by atoms with Crippen molar-refractivity contribution in [1.29, 1.82) is 0 Å². The second kappa shape index (κ2) is 6.18. The third-order valence-electron chi connectivity index (χ3n) is 4.13. The highest BCUT2D eigenvalue weighted by Crippen LogP contribution is 2.24. The lowest BCUT2D eigenvalue weighted by Crippen LogP contribution is -2.50. The minimum Gasteiger partial charge on any atom is -0.369 e. The molecule has 3 atom stereocenters. The Balaban J connectivity index is 1.89. The van der Waals surface area contributed by atoms with Crippen LogP contribution in [0.1, 0.15) is 38.5 Å². The summed E-state index contributed by atoms with van der Waals surface area (Å²) in [6.07, 6.45) is 5.76. The van der Waals surface area contributed by atoms with Gasteiger partial charge < -0.3 is 16.4 Å². The fourth-order valence-electron chi connectivity index (χ4n) is 3.02. The third kappa shape index (κ3) is 3.22. The van der Waals surface area contributed by atoms with Crippen LogP contribution in [0, 0.1) is 11.8 Å². The molecule has 2 amide bonds. The molecule has 0 bridgehead atoms. The Bertz CT molecular complexity index is 313. The molecule has 4 N–H and O–H groups in total. The zero-order valence-corrected chi connectivity index (χ0v) is 10.8. The molecule has 1 aliphatic carbocycles. The lowest BCUT2D eigenvalue weighted by atomic mass is 9.83. The van der Waals surface area contributed by atoms with Gasteiger partial charge in [-0.2, -0.15) is 0 Å². The number of amides is 2. The van der Waals surface area contributed by atoms with Crippen molar-refractivity contribution < 1.29 is 9.59 Å². The molecular weight excluding hydrogens is 230 g/mol. The molecule has 0 radical (unpaired) electrons. The maximum Gasteiger partial charge on any atom is 0.224 e. The van der Waals surface area contributed by atoms with Crippen LogP contribution in [0.3, 0.4) is 0 Å². The van der Waals surface area contributed by atoms with Crippen molar-refractivity contribution in [2.75, 3.05) is 13.1 Å². The van der Waals surface area contributed by atoms with E-state index in [1.807, 2.05) is 0 Å². The largest absolute Gasteiger partial charge is 0.369 e. The summed E-state index contributed by atoms with van der Waals surface area (Å²) >= 11 is 0. The van der Waals surface area contributed by atoms with Crippen LogP contribution < -0.4 is 16.4 Å². The van der Waals surface area contributed by atoms with E-state index in [-0.39, 0.29) is 29.7 Å². The minimum absolute atomic E-state index is 0.0502. The second-order valence-corrected chi connectivity index (χ2v) is 5.45. The quantitative estimate of drug-likeness (QED) is 0.669. The van der Waals surface area contributed by atoms with Crippen LogP contribution in [0.4, 0.5) is 0 Å². The summed E-state index contributed by atoms with van der Waals surface area (Å²) in [5.74, 6) is -0.324. The highest BCUT2D eigenvalue weighted by Gasteiger charge is 2.32. The van der Waals surface area contributed by atoms with E-state index in [9.17, 15) is 9.59 Å². The Hall–Kier alpha value is -1.10. The topological polar surface area (TPSA) is 84.2 Å². The summed E-state index contributed by atoms with van der Waals surface area (Å²) in [6, 6.07) is -0.0503. The molecule has 1 aliphatic heterocycles. The molecule has 2 rings (SSSR count). The molecule has 3 unspecified atom stereocenters. The molecule has 1 saturated carbocycles. The van der Waals surface area contributed by atoms with Gasteiger partial charge in [0, 0.05) is 12.6 Å². The first-order valence-corrected chi connectivity index (χ1v) is 6.99. The molecule has 0 spiro atoms. The molecule has 1 saturated heterocycles. The number of carbonyl (C=O) groups excluding carboxylic acids is 2. The van der Waals surface area contributed by atoms with Crippen molar-refractivity contribution in [2.24, 2.45) is 17.6 Å². The predicted octanol–water partition coefficient (Wildman–Crippen LogP) is 0.146. The Kier molecular flexibility index (Phi) is 4.58. The van der Waals surface area contributed by atoms with Crippen molar-refractivity contribution in [3.05, 3.63) is 0 Å². The molecule has 5 nitrogen and oxygen atoms in total. The van der Waals surface area contributed by atoms with Crippen LogP contribution >= 0.6 is 0 Å². The number of hydrogen-bond donors (Lipinski definition) is 3. The predicted molar refractivity (Wildman–Crippen MR) is 68.7 cm³/mol. The molecule has 0 aromatic heterocycles. The van der Waals surface area contributed by atoms with Gasteiger partial charge in [0.2, 0.25) is 11.8 Å². The number of carbonyl (C=O) groups is 2. The van der Waals surface area contributed by atoms with E-state index >= 15 is 0 Å². The van der Waals surface area contributed by atoms with Gasteiger partial charge in [0.05, 0.1) is 11.8 Å². The van der Waals surface area contributed by atoms with Crippen molar-refractivity contribution in [3.8, 4) is 0 Å². The van der Waals surface area contributed by atoms with Crippen LogP contribution in [0.2, 0.25) is 0 Å². The van der Waals surface area contributed by atoms with Gasteiger partial charge in [-0.3, -0.25) is 9.59 Å². The summed E-state index contributed by atoms with van der Waals surface area (Å²) < 4.78 is 0. The van der Waals surface area contributed by atoms with E-state index in [0.717, 1.165) is 51.6 Å². The first-order chi connectivity index (χ1) is 8.68. The summed E-state index contributed by atoms with van der Waals surface area (Å²) in [5.41, 5.74) is 5.41. The maximum absolute atomic E-state index is 12.1. The molecule has 0 aromatic carbocycles. The molecule has 5 heteroatoms. The molecular formula is C13H23N3O2. The van der Waals surface area contributed by atoms with Crippen molar-refractivity contribution >= 4 is 11.8 Å². The molecule has 18 heavy (non-hydrogen) atoms. The molecule has 2 fully saturated rings. The lowest BCUT2D eigenvalue weighted by molar-refractivity contribution is -0.128. The van der Waals surface area contributed by atoms with Gasteiger partial charge in [-0.15, -0.1) is 0 Å². The normalized spacial score (nSPS) is 32.8. The highest BCUT2D eigenvalue weighted by atomic mass is 16.2. The van der Waals surface area contributed by atoms with E-state index < -0.39 is 0 Å². The number of nitrogens with one attached hydrogen (secondary N) is 2. The molecule has 0 aromatic rings. The molecule has 1 heterocycles. The van der Waals surface area contributed by atoms with Gasteiger partial charge in [0.15, 0.2) is 0 Å². The fraction of sp³-hybridized carbons (Fsp3) is 0.846. The van der Waals surface area contributed by atoms with Gasteiger partial charge in [0.25, 0.3) is 0 Å². The zero-order chi connectivity index (χ0) is 13.0. The lowest BCUT2D eigenvalue weighted by Gasteiger charge is -2.32. The first kappa shape index (κ1) is 13.3. The Morgan fingerprint density at radius 2 is 1.89 bits per heavy atom. The average molecular weight is 253 g/mol. The van der Waals surface area contributed by atoms with Gasteiger partial charge in [-0.1, -0.05) is 12.8 Å². The number of primary amides is 1. The monoisotopic (exact) mass is 253 g/mol. The van der Waals surface area contributed by atoms with E-state index in [4.69, 9.17) is 5.73 Å². The molecule has 2 aliphatic rings. The van der Waals surface area contributed by atoms with Crippen LogP contribution in [-0.2, 0) is 9.59 Å². The van der Waals surface area contributed by atoms with E-state index in [1.54, 1.807) is 0 Å². The Morgan fingerprint density at radius 1 is 1.11 bits per heavy atom. The van der Waals surface area contributed by atoms with Gasteiger partial charge in [-0.25, -0.2) is 0 Å². The first-order valence-electron chi connectivity index (χ1n) is 6.99. The summed E-state index contributed by atoms with van der Waals surface area (Å²) in [5, 5.41) is 6.27. The third-order valence-corrected chi connectivity index (χ3v) is 4.13. The summed E-state index contributed by atoms with van der Waals surface area (Å²) in [7, 11) is 0. The standard InChI is InChI=1S/C13H23N3O2/c14-12(17)10-5-1-2-6-11(10)16-13(18)9-4-3-7-15-8-9/h9-11,15H,1-8H2,(H2,14,17)(H,16,18). The summed E-state index contributed by atoms with van der Waals surface area (Å²) in [6.45, 7) is 1.75. The van der Waals surface area contributed by atoms with E-state index in [0.29, 0.717) is 0 Å².